The van der Waals surface area contributed by atoms with Gasteiger partial charge in [0.05, 0.1) is 30.5 Å². The summed E-state index contributed by atoms with van der Waals surface area (Å²) in [6.07, 6.45) is 5.48. The van der Waals surface area contributed by atoms with Crippen LogP contribution >= 0.6 is 0 Å². The molecule has 59 heavy (non-hydrogen) atoms. The number of nitrogens with zero attached hydrogens (tertiary/aromatic N) is 1. The number of methoxy groups -OCH3 is 3. The van der Waals surface area contributed by atoms with Gasteiger partial charge in [0, 0.05) is 52.0 Å². The Morgan fingerprint density at radius 2 is 1.54 bits per heavy atom. The van der Waals surface area contributed by atoms with Crippen LogP contribution < -0.4 is 0 Å². The van der Waals surface area contributed by atoms with Crippen molar-refractivity contribution < 1.29 is 58.2 Å². The van der Waals surface area contributed by atoms with Crippen LogP contribution in [0.3, 0.4) is 0 Å². The minimum absolute atomic E-state index is 0.00929. The molecule has 14 atom stereocenters. The topological polar surface area (TPSA) is 178 Å². The van der Waals surface area contributed by atoms with E-state index >= 15 is 0 Å². The number of aliphatic hydroxyl groups is 3. The van der Waals surface area contributed by atoms with Gasteiger partial charge in [-0.15, -0.1) is 0 Å². The molecular formula is C46H73NO12. The van der Waals surface area contributed by atoms with Crippen molar-refractivity contribution in [2.75, 3.05) is 27.9 Å². The van der Waals surface area contributed by atoms with Crippen LogP contribution in [-0.4, -0.2) is 126 Å². The van der Waals surface area contributed by atoms with E-state index in [1.165, 1.54) is 19.1 Å². The van der Waals surface area contributed by atoms with Gasteiger partial charge in [-0.2, -0.15) is 0 Å². The molecule has 1 saturated carbocycles. The number of hydrogen-bond acceptors (Lipinski definition) is 12. The van der Waals surface area contributed by atoms with Crippen LogP contribution in [0, 0.1) is 29.6 Å². The fourth-order valence-corrected chi connectivity index (χ4v) is 9.61. The van der Waals surface area contributed by atoms with E-state index < -0.39 is 83.9 Å². The van der Waals surface area contributed by atoms with Gasteiger partial charge in [-0.1, -0.05) is 50.1 Å². The van der Waals surface area contributed by atoms with E-state index in [2.05, 4.69) is 6.92 Å². The Balaban J connectivity index is 1.80. The Morgan fingerprint density at radius 3 is 2.19 bits per heavy atom. The second kappa shape index (κ2) is 21.8. The monoisotopic (exact) mass is 832 g/mol. The van der Waals surface area contributed by atoms with E-state index in [4.69, 9.17) is 23.7 Å². The molecule has 0 unspecified atom stereocenters. The summed E-state index contributed by atoms with van der Waals surface area (Å²) in [5.41, 5.74) is 2.71. The Kier molecular flexibility index (Phi) is 18.1. The van der Waals surface area contributed by atoms with Crippen LogP contribution in [0.25, 0.3) is 0 Å². The highest BCUT2D eigenvalue weighted by Crippen LogP contribution is 2.39. The third-order valence-corrected chi connectivity index (χ3v) is 13.2. The second-order valence-electron chi connectivity index (χ2n) is 18.3. The van der Waals surface area contributed by atoms with Gasteiger partial charge in [0.25, 0.3) is 11.7 Å². The predicted molar refractivity (Wildman–Crippen MR) is 222 cm³/mol. The molecule has 0 aromatic heterocycles. The third-order valence-electron chi connectivity index (χ3n) is 13.2. The molecule has 3 aliphatic heterocycles. The third kappa shape index (κ3) is 12.2. The number of aliphatic hydroxyl groups excluding tert-OH is 2. The zero-order chi connectivity index (χ0) is 43.8. The van der Waals surface area contributed by atoms with Crippen LogP contribution in [0.5, 0.6) is 0 Å². The van der Waals surface area contributed by atoms with E-state index in [-0.39, 0.29) is 49.5 Å². The molecule has 2 saturated heterocycles. The van der Waals surface area contributed by atoms with Gasteiger partial charge in [0.1, 0.15) is 24.0 Å². The molecule has 0 spiro atoms. The first-order chi connectivity index (χ1) is 27.8. The summed E-state index contributed by atoms with van der Waals surface area (Å²) in [6, 6.07) is -1.14. The molecule has 3 N–H and O–H groups in total. The highest BCUT2D eigenvalue weighted by molar-refractivity contribution is 6.39. The van der Waals surface area contributed by atoms with E-state index in [9.17, 15) is 34.5 Å². The molecule has 0 radical (unpaired) electrons. The molecule has 3 fully saturated rings. The summed E-state index contributed by atoms with van der Waals surface area (Å²) in [5, 5.41) is 34.3. The number of piperidine rings is 1. The van der Waals surface area contributed by atoms with Crippen molar-refractivity contribution in [3.05, 3.63) is 34.9 Å². The van der Waals surface area contributed by atoms with Gasteiger partial charge in [-0.3, -0.25) is 14.4 Å². The Morgan fingerprint density at radius 1 is 0.881 bits per heavy atom. The van der Waals surface area contributed by atoms with E-state index in [0.29, 0.717) is 56.9 Å². The highest BCUT2D eigenvalue weighted by atomic mass is 16.7. The molecule has 1 amide bonds. The molecule has 1 aliphatic carbocycles. The lowest BCUT2D eigenvalue weighted by Crippen LogP contribution is -2.64. The number of carbonyl (C=O) groups excluding carboxylic acids is 4. The molecular weight excluding hydrogens is 759 g/mol. The summed E-state index contributed by atoms with van der Waals surface area (Å²) in [5.74, 6) is -7.67. The van der Waals surface area contributed by atoms with Crippen molar-refractivity contribution in [2.24, 2.45) is 29.6 Å². The summed E-state index contributed by atoms with van der Waals surface area (Å²) in [6.45, 7) is 13.3. The summed E-state index contributed by atoms with van der Waals surface area (Å²) in [4.78, 5) is 58.2. The van der Waals surface area contributed by atoms with Gasteiger partial charge in [-0.25, -0.2) is 4.79 Å². The first kappa shape index (κ1) is 48.9. The van der Waals surface area contributed by atoms with Gasteiger partial charge in [-0.05, 0) is 109 Å². The normalized spacial score (nSPS) is 39.9. The maximum absolute atomic E-state index is 14.4. The van der Waals surface area contributed by atoms with Crippen LogP contribution in [0.4, 0.5) is 0 Å². The number of carbonyl (C=O) groups is 4. The van der Waals surface area contributed by atoms with Gasteiger partial charge < -0.3 is 43.9 Å². The van der Waals surface area contributed by atoms with Crippen LogP contribution in [-0.2, 0) is 42.9 Å². The molecule has 334 valence electrons. The summed E-state index contributed by atoms with van der Waals surface area (Å²) >= 11 is 0. The average molecular weight is 832 g/mol. The Bertz CT molecular complexity index is 1550. The number of allylic oxidation sites excluding steroid dienone is 5. The smallest absolute Gasteiger partial charge is 0.329 e. The fraction of sp³-hybridized carbons (Fsp3) is 0.783. The van der Waals surface area contributed by atoms with Gasteiger partial charge in [0.2, 0.25) is 5.79 Å². The van der Waals surface area contributed by atoms with Crippen LogP contribution in [0.15, 0.2) is 34.9 Å². The predicted octanol–water partition coefficient (Wildman–Crippen LogP) is 5.42. The Labute approximate surface area is 351 Å². The lowest BCUT2D eigenvalue weighted by molar-refractivity contribution is -0.302. The van der Waals surface area contributed by atoms with Crippen LogP contribution in [0.2, 0.25) is 0 Å². The van der Waals surface area contributed by atoms with Crippen molar-refractivity contribution in [1.29, 1.82) is 0 Å². The molecule has 4 aliphatic rings. The zero-order valence-electron chi connectivity index (χ0n) is 37.2. The van der Waals surface area contributed by atoms with Crippen LogP contribution in [0.1, 0.15) is 119 Å². The fourth-order valence-electron chi connectivity index (χ4n) is 9.61. The molecule has 13 nitrogen and oxygen atoms in total. The molecule has 4 rings (SSSR count). The number of esters is 1. The lowest BCUT2D eigenvalue weighted by Gasteiger charge is -2.47. The second-order valence-corrected chi connectivity index (χ2v) is 18.3. The van der Waals surface area contributed by atoms with Crippen molar-refractivity contribution in [3.8, 4) is 0 Å². The van der Waals surface area contributed by atoms with Crippen molar-refractivity contribution >= 4 is 23.4 Å². The molecule has 0 aromatic rings. The number of rotatable bonds is 7. The van der Waals surface area contributed by atoms with E-state index in [1.54, 1.807) is 21.0 Å². The summed E-state index contributed by atoms with van der Waals surface area (Å²) < 4.78 is 29.9. The van der Waals surface area contributed by atoms with Gasteiger partial charge >= 0.3 is 5.97 Å². The van der Waals surface area contributed by atoms with Crippen molar-refractivity contribution in [2.45, 2.75) is 174 Å². The number of hydrogen-bond donors (Lipinski definition) is 3. The number of ether oxygens (including phenoxy) is 5. The lowest BCUT2D eigenvalue weighted by atomic mass is 9.81. The van der Waals surface area contributed by atoms with E-state index in [1.807, 2.05) is 45.9 Å². The SMILES string of the molecule is CO[C@H]1C[C@@H](C)C/C(C)=C/[C@@H](CC=C(C)C)C(=O)C[C@H](O)[C@@H](C)[C@@H](/C(C)=C/[C@@H]2CC[C@@H](O)[C@H](OC)C2)OC(=O)[C@@H]2CCCCN2C(=O)C(=O)[C@]2(O)O[C@H]1[C@@H](OC)C[C@H]2C. The molecule has 3 heterocycles. The minimum Gasteiger partial charge on any atom is -0.456 e. The largest absolute Gasteiger partial charge is 0.456 e. The number of cyclic esters (lactones) is 1. The molecule has 13 heteroatoms. The standard InChI is InChI=1S/C46H73NO12/c1-26(2)14-16-33-20-27(3)19-28(4)21-39(56-9)42-40(57-10)23-30(6)46(54,59-42)43(51)44(52)47-18-12-11-13-34(47)45(53)58-41(31(7)36(49)25-37(33)50)29(5)22-32-15-17-35(48)38(24-32)55-8/h14,20,22,28,30-36,38-42,48-49,54H,11-13,15-19,21,23-25H2,1-10H3/b27-20+,29-22+/t28-,30+,31+,32-,33+,34-,35+,36-,38+,39-,40-,41+,42+,46+/m0/s1. The molecule has 0 aromatic carbocycles. The number of ketones is 2. The first-order valence-corrected chi connectivity index (χ1v) is 21.8. The first-order valence-electron chi connectivity index (χ1n) is 21.8. The minimum atomic E-state index is -2.51. The molecule has 2 bridgehead atoms. The maximum Gasteiger partial charge on any atom is 0.329 e. The van der Waals surface area contributed by atoms with Crippen molar-refractivity contribution in [3.63, 3.8) is 0 Å². The zero-order valence-corrected chi connectivity index (χ0v) is 37.2. The number of fused-ring (bicyclic) bond motifs is 3. The average Bonchev–Trinajstić information content (AvgIpc) is 3.20. The van der Waals surface area contributed by atoms with Gasteiger partial charge in [0.15, 0.2) is 0 Å². The Hall–Kier alpha value is -2.78. The highest BCUT2D eigenvalue weighted by Gasteiger charge is 2.56. The van der Waals surface area contributed by atoms with E-state index in [0.717, 1.165) is 11.1 Å². The number of Topliss-reactive ketones (excluding diaryl/α,β-unsaturated/α-hetero) is 2. The quantitative estimate of drug-likeness (QED) is 0.169. The van der Waals surface area contributed by atoms with Crippen molar-refractivity contribution in [1.82, 2.24) is 4.90 Å². The maximum atomic E-state index is 14.4. The number of amides is 1. The summed E-state index contributed by atoms with van der Waals surface area (Å²) in [7, 11) is 4.63.